The van der Waals surface area contributed by atoms with E-state index in [4.69, 9.17) is 20.1 Å². The summed E-state index contributed by atoms with van der Waals surface area (Å²) in [5.74, 6) is -9.12. The van der Waals surface area contributed by atoms with Crippen molar-refractivity contribution in [2.45, 2.75) is 127 Å². The van der Waals surface area contributed by atoms with Gasteiger partial charge in [-0.05, 0) is 56.2 Å². The highest BCUT2D eigenvalue weighted by Crippen LogP contribution is 2.64. The Morgan fingerprint density at radius 2 is 0.978 bits per heavy atom. The molecule has 8 atom stereocenters. The summed E-state index contributed by atoms with van der Waals surface area (Å²) in [5.41, 5.74) is 1.77. The molecule has 6 saturated heterocycles. The van der Waals surface area contributed by atoms with E-state index >= 15 is 0 Å². The number of aromatic nitrogens is 3. The molecule has 3 unspecified atom stereocenters. The van der Waals surface area contributed by atoms with Crippen molar-refractivity contribution in [1.82, 2.24) is 40.7 Å². The fourth-order valence-corrected chi connectivity index (χ4v) is 16.5. The van der Waals surface area contributed by atoms with E-state index in [1.54, 1.807) is 0 Å². The van der Waals surface area contributed by atoms with Gasteiger partial charge in [-0.15, -0.1) is 17.9 Å². The van der Waals surface area contributed by atoms with Gasteiger partial charge in [0.25, 0.3) is 0 Å². The number of nitrogens with one attached hydrogen (secondary N) is 3. The lowest BCUT2D eigenvalue weighted by atomic mass is 10.0. The second kappa shape index (κ2) is 31.3. The molecule has 512 valence electrons. The van der Waals surface area contributed by atoms with E-state index in [1.807, 2.05) is 29.2 Å². The molecule has 11 N–H and O–H groups in total. The number of piperazine rings is 2. The third-order valence-corrected chi connectivity index (χ3v) is 20.2. The van der Waals surface area contributed by atoms with Gasteiger partial charge < -0.3 is 66.6 Å². The number of carboxylic acids is 8. The zero-order valence-corrected chi connectivity index (χ0v) is 53.0. The van der Waals surface area contributed by atoms with Gasteiger partial charge in [0, 0.05) is 84.6 Å². The number of carboxylic acid groups (broad SMARTS) is 8. The number of benzene rings is 1. The second-order valence-corrected chi connectivity index (χ2v) is 26.2. The maximum atomic E-state index is 13.2. The molecule has 3 amide bonds. The molecule has 0 saturated carbocycles. The number of aliphatic carboxylic acids is 8. The van der Waals surface area contributed by atoms with Gasteiger partial charge in [-0.25, -0.2) is 33.6 Å². The highest BCUT2D eigenvalue weighted by molar-refractivity contribution is 5.86. The highest BCUT2D eigenvalue weighted by Gasteiger charge is 3.01. The van der Waals surface area contributed by atoms with Crippen LogP contribution in [0.5, 0.6) is 0 Å². The van der Waals surface area contributed by atoms with E-state index in [2.05, 4.69) is 30.7 Å². The Balaban J connectivity index is 0.795. The number of amides is 3. The smallest absolute Gasteiger partial charge is 0.481 e. The van der Waals surface area contributed by atoms with Crippen molar-refractivity contribution < 1.29 is 107 Å². The number of quaternary nitrogens is 4. The van der Waals surface area contributed by atoms with E-state index in [1.165, 1.54) is 0 Å². The average Bonchev–Trinajstić information content (AvgIpc) is 1.44. The number of hydrogen-bond acceptors (Lipinski definition) is 17. The molecule has 1 spiro atoms. The summed E-state index contributed by atoms with van der Waals surface area (Å²) < 4.78 is -0.316. The number of carbonyl (C=O) groups excluding carboxylic acids is 2. The zero-order valence-electron chi connectivity index (χ0n) is 53.0. The molecule has 8 rings (SSSR count). The van der Waals surface area contributed by atoms with Crippen LogP contribution in [0.15, 0.2) is 24.3 Å². The van der Waals surface area contributed by atoms with Crippen molar-refractivity contribution in [1.29, 1.82) is 0 Å². The summed E-state index contributed by atoms with van der Waals surface area (Å²) in [7, 11) is 0. The first kappa shape index (κ1) is 70.9. The number of unbranched alkanes of at least 4 members (excludes halogenated alkanes) is 8. The molecule has 0 aliphatic carbocycles. The molecule has 0 bridgehead atoms. The predicted octanol–water partition coefficient (Wildman–Crippen LogP) is -0.159. The normalized spacial score (nSPS) is 25.6. The number of carbonyl (C=O) groups is 10. The molecule has 32 heteroatoms. The monoisotopic (exact) mass is 1310 g/mol. The molecule has 7 heterocycles. The number of anilines is 2. The van der Waals surface area contributed by atoms with E-state index < -0.39 is 90.8 Å². The predicted molar refractivity (Wildman–Crippen MR) is 329 cm³/mol. The molecule has 6 aliphatic heterocycles. The molecule has 32 nitrogen and oxygen atoms in total. The Labute approximate surface area is 539 Å². The summed E-state index contributed by atoms with van der Waals surface area (Å²) in [5, 5.41) is 86.4. The lowest BCUT2D eigenvalue weighted by Gasteiger charge is -2.50. The summed E-state index contributed by atoms with van der Waals surface area (Å²) >= 11 is 0. The van der Waals surface area contributed by atoms with Crippen LogP contribution in [-0.2, 0) is 56.0 Å². The summed E-state index contributed by atoms with van der Waals surface area (Å²) in [6, 6.07) is 3.61. The second-order valence-electron chi connectivity index (χ2n) is 26.2. The Kier molecular flexibility index (Phi) is 23.9. The molecule has 0 radical (unpaired) electrons. The highest BCUT2D eigenvalue weighted by atomic mass is 16.4. The standard InChI is InChI=1S/C61H90N14O18/c76-49(62-19-9-8-11-46(56(89)90)63-60(93)64-47(57(91)92)17-18-50(77)78)12-7-5-3-1-2-4-6-10-20-68-21-25-70(26-22-68)58-65-48(66-59(67-58)71-27-23-69(24-28-71)37-51(79)80)36-44-15-13-43(14-16-44)35-45-38-74(41-54(85)86)32-31-72(39-52(81)82)29-30-73(40-53(83)84)33-34-75(45,42-55(87)88)61(72,73)74/h13-16,45-47H,1-12,17-42H2,(H7-4,62,63,64,76,77,78,79,80,81,82,83,84,85,86,87,88,89,90,91,92,93)/p+4/t45?,46-,47-,61?,72?,73-,74+,75+/m0/s1. The quantitative estimate of drug-likeness (QED) is 0.0306. The van der Waals surface area contributed by atoms with E-state index in [-0.39, 0.29) is 89.0 Å². The minimum atomic E-state index is -1.50. The Hall–Kier alpha value is -7.91. The lowest BCUT2D eigenvalue weighted by molar-refractivity contribution is -1.36. The molecule has 2 aromatic rings. The summed E-state index contributed by atoms with van der Waals surface area (Å²) in [6.45, 7) is 6.87. The van der Waals surface area contributed by atoms with Gasteiger partial charge in [-0.1, -0.05) is 62.8 Å². The average molecular weight is 1310 g/mol. The third-order valence-electron chi connectivity index (χ3n) is 20.2. The van der Waals surface area contributed by atoms with E-state index in [0.717, 1.165) is 82.1 Å². The van der Waals surface area contributed by atoms with Gasteiger partial charge in [-0.2, -0.15) is 15.0 Å². The van der Waals surface area contributed by atoms with Crippen molar-refractivity contribution in [3.63, 3.8) is 0 Å². The largest absolute Gasteiger partial charge is 0.483 e. The van der Waals surface area contributed by atoms with Crippen LogP contribution in [-0.4, -0.2) is 311 Å². The van der Waals surface area contributed by atoms with E-state index in [9.17, 15) is 83.7 Å². The van der Waals surface area contributed by atoms with Crippen LogP contribution in [0.1, 0.15) is 107 Å². The summed E-state index contributed by atoms with van der Waals surface area (Å²) in [4.78, 5) is 145. The molecular weight excluding hydrogens is 1220 g/mol. The Morgan fingerprint density at radius 3 is 1.51 bits per heavy atom. The minimum Gasteiger partial charge on any atom is -0.481 e. The van der Waals surface area contributed by atoms with Crippen LogP contribution in [0, 0.1) is 0 Å². The maximum Gasteiger partial charge on any atom is 0.483 e. The van der Waals surface area contributed by atoms with E-state index in [0.29, 0.717) is 115 Å². The number of urea groups is 1. The Morgan fingerprint density at radius 1 is 0.495 bits per heavy atom. The van der Waals surface area contributed by atoms with Crippen LogP contribution < -0.4 is 25.8 Å². The van der Waals surface area contributed by atoms with Crippen molar-refractivity contribution in [3.05, 3.63) is 41.2 Å². The Bertz CT molecular complexity index is 3010. The van der Waals surface area contributed by atoms with Crippen molar-refractivity contribution in [2.24, 2.45) is 0 Å². The van der Waals surface area contributed by atoms with Crippen molar-refractivity contribution >= 4 is 71.6 Å². The van der Waals surface area contributed by atoms with Crippen molar-refractivity contribution in [2.75, 3.05) is 154 Å². The SMILES string of the molecule is O=C(O)CC[C@H](NC(=O)N[C@@H](CCCCNC(=O)CCCCCCCCCCN1CCN(c2nc(Cc3ccc(CC4C[N@@+]5(CC(=O)O)CC[N+]6(CC(=O)O)CC[N@@+]7(CC(=O)O)CC[N@+]4(CC(=O)O)C675)cc3)nc(N3CCN(CC(=O)O)CC3)n2)CC1)C(=O)O)C(=O)O. The molecule has 1 aromatic heterocycles. The van der Waals surface area contributed by atoms with Crippen LogP contribution in [0.2, 0.25) is 0 Å². The number of hydrogen-bond donors (Lipinski definition) is 11. The first-order valence-corrected chi connectivity index (χ1v) is 32.7. The number of nitrogens with zero attached hydrogens (tertiary/aromatic N) is 11. The van der Waals surface area contributed by atoms with Crippen LogP contribution in [0.25, 0.3) is 0 Å². The summed E-state index contributed by atoms with van der Waals surface area (Å²) in [6.07, 6.45) is 9.23. The van der Waals surface area contributed by atoms with Gasteiger partial charge in [0.05, 0.1) is 6.54 Å². The van der Waals surface area contributed by atoms with Crippen LogP contribution in [0.4, 0.5) is 16.7 Å². The van der Waals surface area contributed by atoms with Crippen LogP contribution in [0.3, 0.4) is 0 Å². The first-order chi connectivity index (χ1) is 44.3. The fourth-order valence-electron chi connectivity index (χ4n) is 16.5. The van der Waals surface area contributed by atoms with Crippen molar-refractivity contribution in [3.8, 4) is 0 Å². The number of rotatable bonds is 39. The molecule has 6 fully saturated rings. The minimum absolute atomic E-state index is 0.0413. The first-order valence-electron chi connectivity index (χ1n) is 32.7. The fraction of sp³-hybridized carbons (Fsp3) is 0.689. The zero-order chi connectivity index (χ0) is 67.1. The molecule has 93 heavy (non-hydrogen) atoms. The molecule has 1 aromatic carbocycles. The van der Waals surface area contributed by atoms with Crippen LogP contribution >= 0.6 is 0 Å². The van der Waals surface area contributed by atoms with Gasteiger partial charge in [-0.3, -0.25) is 24.2 Å². The van der Waals surface area contributed by atoms with Gasteiger partial charge in [0.15, 0.2) is 32.2 Å². The van der Waals surface area contributed by atoms with Gasteiger partial charge in [0.2, 0.25) is 17.8 Å². The third kappa shape index (κ3) is 16.7. The topological polar surface area (TPSA) is 420 Å². The lowest BCUT2D eigenvalue weighted by Crippen LogP contribution is -2.86. The maximum absolute atomic E-state index is 13.2. The van der Waals surface area contributed by atoms with Gasteiger partial charge >= 0.3 is 59.7 Å². The molecular formula is C61H94N14O18+4. The van der Waals surface area contributed by atoms with Gasteiger partial charge in [0.1, 0.15) is 63.7 Å². The molecule has 6 aliphatic rings.